The number of H-pyrrole nitrogens is 1. The zero-order valence-electron chi connectivity index (χ0n) is 21.9. The number of hydrogen-bond acceptors (Lipinski definition) is 7. The van der Waals surface area contributed by atoms with Gasteiger partial charge < -0.3 is 25.6 Å². The molecular formula is C29H34N4O7. The Morgan fingerprint density at radius 2 is 1.62 bits per heavy atom. The summed E-state index contributed by atoms with van der Waals surface area (Å²) in [5.74, 6) is -0.717. The molecule has 0 spiro atoms. The summed E-state index contributed by atoms with van der Waals surface area (Å²) in [6, 6.07) is 19.6. The molecule has 5 N–H and O–H groups in total. The zero-order valence-corrected chi connectivity index (χ0v) is 21.9. The van der Waals surface area contributed by atoms with E-state index in [1.54, 1.807) is 0 Å². The van der Waals surface area contributed by atoms with E-state index in [0.29, 0.717) is 13.0 Å². The van der Waals surface area contributed by atoms with Gasteiger partial charge in [-0.05, 0) is 30.4 Å². The molecule has 2 aromatic carbocycles. The van der Waals surface area contributed by atoms with Crippen LogP contribution < -0.4 is 21.9 Å². The molecule has 40 heavy (non-hydrogen) atoms. The summed E-state index contributed by atoms with van der Waals surface area (Å²) in [6.07, 6.45) is -1.97. The van der Waals surface area contributed by atoms with Crippen molar-refractivity contribution in [3.8, 4) is 0 Å². The van der Waals surface area contributed by atoms with Gasteiger partial charge in [-0.25, -0.2) is 4.79 Å². The van der Waals surface area contributed by atoms with E-state index in [2.05, 4.69) is 15.6 Å². The second-order valence-corrected chi connectivity index (χ2v) is 9.79. The Kier molecular flexibility index (Phi) is 10.0. The predicted octanol–water partition coefficient (Wildman–Crippen LogP) is 0.413. The largest absolute Gasteiger partial charge is 0.388 e. The number of aliphatic hydroxyl groups excluding tert-OH is 2. The van der Waals surface area contributed by atoms with Crippen LogP contribution in [0, 0.1) is 0 Å². The van der Waals surface area contributed by atoms with Crippen molar-refractivity contribution in [2.75, 3.05) is 6.54 Å². The summed E-state index contributed by atoms with van der Waals surface area (Å²) >= 11 is 0. The average molecular weight is 551 g/mol. The SMILES string of the molecule is O=C(CC[C@H]1O[C@@H](n2ccc(=O)[nH]c2=O)[C@H](O)[C@@H]1O)N[C@H](Cc1ccccc1)C(=O)NCCCc1ccccc1. The molecule has 0 bridgehead atoms. The molecule has 1 saturated heterocycles. The Balaban J connectivity index is 1.32. The number of nitrogens with one attached hydrogen (secondary N) is 3. The highest BCUT2D eigenvalue weighted by atomic mass is 16.6. The van der Waals surface area contributed by atoms with Crippen LogP contribution >= 0.6 is 0 Å². The molecule has 0 radical (unpaired) electrons. The fourth-order valence-electron chi connectivity index (χ4n) is 4.70. The minimum absolute atomic E-state index is 0.0371. The molecule has 4 rings (SSSR count). The van der Waals surface area contributed by atoms with Crippen molar-refractivity contribution < 1.29 is 24.5 Å². The first-order chi connectivity index (χ1) is 19.3. The Hall–Kier alpha value is -4.06. The molecule has 1 aliphatic rings. The van der Waals surface area contributed by atoms with Crippen molar-refractivity contribution in [2.45, 2.75) is 62.7 Å². The fourth-order valence-corrected chi connectivity index (χ4v) is 4.70. The lowest BCUT2D eigenvalue weighted by Gasteiger charge is -2.20. The van der Waals surface area contributed by atoms with Crippen LogP contribution in [0.3, 0.4) is 0 Å². The highest BCUT2D eigenvalue weighted by molar-refractivity contribution is 5.87. The highest BCUT2D eigenvalue weighted by Crippen LogP contribution is 2.30. The smallest absolute Gasteiger partial charge is 0.330 e. The summed E-state index contributed by atoms with van der Waals surface area (Å²) in [5.41, 5.74) is 0.674. The van der Waals surface area contributed by atoms with Crippen LogP contribution in [0.5, 0.6) is 0 Å². The van der Waals surface area contributed by atoms with Gasteiger partial charge in [-0.2, -0.15) is 0 Å². The maximum absolute atomic E-state index is 13.0. The number of ether oxygens (including phenoxy) is 1. The number of nitrogens with zero attached hydrogens (tertiary/aromatic N) is 1. The molecule has 11 nitrogen and oxygen atoms in total. The molecule has 0 unspecified atom stereocenters. The molecule has 0 saturated carbocycles. The quantitative estimate of drug-likeness (QED) is 0.204. The van der Waals surface area contributed by atoms with E-state index in [-0.39, 0.29) is 18.7 Å². The molecule has 1 aliphatic heterocycles. The normalized spacial score (nSPS) is 21.1. The summed E-state index contributed by atoms with van der Waals surface area (Å²) in [5, 5.41) is 26.6. The number of aromatic nitrogens is 2. The first-order valence-corrected chi connectivity index (χ1v) is 13.3. The summed E-state index contributed by atoms with van der Waals surface area (Å²) in [4.78, 5) is 51.4. The molecule has 0 aliphatic carbocycles. The number of amides is 2. The van der Waals surface area contributed by atoms with Gasteiger partial charge in [0.25, 0.3) is 5.56 Å². The van der Waals surface area contributed by atoms with Crippen LogP contribution in [0.2, 0.25) is 0 Å². The van der Waals surface area contributed by atoms with Gasteiger partial charge in [0.2, 0.25) is 11.8 Å². The van der Waals surface area contributed by atoms with Gasteiger partial charge in [0, 0.05) is 31.6 Å². The number of aromatic amines is 1. The van der Waals surface area contributed by atoms with E-state index in [4.69, 9.17) is 4.74 Å². The third-order valence-corrected chi connectivity index (χ3v) is 6.84. The summed E-state index contributed by atoms with van der Waals surface area (Å²) in [7, 11) is 0. The van der Waals surface area contributed by atoms with E-state index in [1.807, 2.05) is 60.7 Å². The van der Waals surface area contributed by atoms with E-state index < -0.39 is 47.7 Å². The van der Waals surface area contributed by atoms with Crippen molar-refractivity contribution in [1.82, 2.24) is 20.2 Å². The molecule has 2 heterocycles. The maximum atomic E-state index is 13.0. The third-order valence-electron chi connectivity index (χ3n) is 6.84. The number of aryl methyl sites for hydroxylation is 1. The Morgan fingerprint density at radius 3 is 2.30 bits per heavy atom. The van der Waals surface area contributed by atoms with Gasteiger partial charge in [0.1, 0.15) is 18.2 Å². The van der Waals surface area contributed by atoms with E-state index in [0.717, 1.165) is 29.0 Å². The van der Waals surface area contributed by atoms with Crippen LogP contribution in [0.25, 0.3) is 0 Å². The lowest BCUT2D eigenvalue weighted by molar-refractivity contribution is -0.129. The Morgan fingerprint density at radius 1 is 0.950 bits per heavy atom. The van der Waals surface area contributed by atoms with Crippen LogP contribution in [-0.2, 0) is 27.2 Å². The molecular weight excluding hydrogens is 516 g/mol. The van der Waals surface area contributed by atoms with Crippen molar-refractivity contribution in [3.63, 3.8) is 0 Å². The zero-order chi connectivity index (χ0) is 28.5. The number of aliphatic hydroxyl groups is 2. The average Bonchev–Trinajstić information content (AvgIpc) is 3.23. The van der Waals surface area contributed by atoms with E-state index in [9.17, 15) is 29.4 Å². The van der Waals surface area contributed by atoms with Crippen LogP contribution in [0.4, 0.5) is 0 Å². The minimum Gasteiger partial charge on any atom is -0.388 e. The predicted molar refractivity (Wildman–Crippen MR) is 146 cm³/mol. The lowest BCUT2D eigenvalue weighted by atomic mass is 10.0. The second-order valence-electron chi connectivity index (χ2n) is 9.79. The Bertz CT molecular complexity index is 1380. The van der Waals surface area contributed by atoms with Crippen molar-refractivity contribution in [3.05, 3.63) is 105 Å². The van der Waals surface area contributed by atoms with Crippen LogP contribution in [0.1, 0.15) is 36.6 Å². The second kappa shape index (κ2) is 13.8. The molecule has 3 aromatic rings. The topological polar surface area (TPSA) is 163 Å². The highest BCUT2D eigenvalue weighted by Gasteiger charge is 2.44. The molecule has 5 atom stereocenters. The van der Waals surface area contributed by atoms with E-state index >= 15 is 0 Å². The fraction of sp³-hybridized carbons (Fsp3) is 0.379. The summed E-state index contributed by atoms with van der Waals surface area (Å²) < 4.78 is 6.65. The van der Waals surface area contributed by atoms with Gasteiger partial charge in [0.15, 0.2) is 6.23 Å². The van der Waals surface area contributed by atoms with E-state index in [1.165, 1.54) is 11.8 Å². The molecule has 2 amide bonds. The molecule has 1 fully saturated rings. The first-order valence-electron chi connectivity index (χ1n) is 13.3. The third kappa shape index (κ3) is 7.75. The number of hydrogen-bond donors (Lipinski definition) is 5. The monoisotopic (exact) mass is 550 g/mol. The molecule has 11 heteroatoms. The van der Waals surface area contributed by atoms with Crippen molar-refractivity contribution in [2.24, 2.45) is 0 Å². The van der Waals surface area contributed by atoms with Gasteiger partial charge in [-0.1, -0.05) is 60.7 Å². The first kappa shape index (κ1) is 28.9. The van der Waals surface area contributed by atoms with Gasteiger partial charge in [0.05, 0.1) is 6.10 Å². The minimum atomic E-state index is -1.44. The van der Waals surface area contributed by atoms with Gasteiger partial charge >= 0.3 is 5.69 Å². The van der Waals surface area contributed by atoms with Crippen molar-refractivity contribution >= 4 is 11.8 Å². The standard InChI is InChI=1S/C29H34N4O7/c34-23(14-13-22-25(36)26(37)28(40-22)33-17-15-24(35)32-29(33)39)31-21(18-20-10-5-2-6-11-20)27(38)30-16-7-12-19-8-3-1-4-9-19/h1-6,8-11,15,17,21-22,25-26,28,36-37H,7,12-14,16,18H2,(H,30,38)(H,31,34)(H,32,35,39)/t21-,22-,25-,26-,28-/m1/s1. The van der Waals surface area contributed by atoms with Crippen molar-refractivity contribution in [1.29, 1.82) is 0 Å². The van der Waals surface area contributed by atoms with Crippen LogP contribution in [0.15, 0.2) is 82.5 Å². The number of benzene rings is 2. The number of carbonyl (C=O) groups excluding carboxylic acids is 2. The lowest BCUT2D eigenvalue weighted by Crippen LogP contribution is -2.48. The van der Waals surface area contributed by atoms with Gasteiger partial charge in [-0.15, -0.1) is 0 Å². The molecule has 212 valence electrons. The Labute approximate surface area is 230 Å². The number of rotatable bonds is 12. The molecule has 1 aromatic heterocycles. The summed E-state index contributed by atoms with van der Waals surface area (Å²) in [6.45, 7) is 0.459. The van der Waals surface area contributed by atoms with Crippen LogP contribution in [-0.4, -0.2) is 62.5 Å². The maximum Gasteiger partial charge on any atom is 0.330 e. The van der Waals surface area contributed by atoms with Gasteiger partial charge in [-0.3, -0.25) is 23.9 Å². The number of carbonyl (C=O) groups is 2.